The van der Waals surface area contributed by atoms with Crippen LogP contribution in [0.4, 0.5) is 0 Å². The minimum atomic E-state index is 0.310. The summed E-state index contributed by atoms with van der Waals surface area (Å²) in [7, 11) is 0. The Kier molecular flexibility index (Phi) is 6.98. The fourth-order valence-electron chi connectivity index (χ4n) is 2.01. The first-order chi connectivity index (χ1) is 7.33. The molecular weight excluding hydrogens is 190 g/mol. The van der Waals surface area contributed by atoms with Crippen molar-refractivity contribution in [2.45, 2.75) is 45.1 Å². The molecule has 1 atom stereocenters. The summed E-state index contributed by atoms with van der Waals surface area (Å²) in [4.78, 5) is 0. The molecule has 0 aromatic rings. The molecule has 3 heteroatoms. The highest BCUT2D eigenvalue weighted by Gasteiger charge is 2.16. The van der Waals surface area contributed by atoms with Crippen LogP contribution < -0.4 is 5.73 Å². The third-order valence-electron chi connectivity index (χ3n) is 2.96. The molecule has 1 rings (SSSR count). The van der Waals surface area contributed by atoms with Gasteiger partial charge in [-0.15, -0.1) is 0 Å². The van der Waals surface area contributed by atoms with Crippen molar-refractivity contribution >= 4 is 0 Å². The van der Waals surface area contributed by atoms with Crippen LogP contribution >= 0.6 is 0 Å². The summed E-state index contributed by atoms with van der Waals surface area (Å²) in [6, 6.07) is 0.310. The van der Waals surface area contributed by atoms with Gasteiger partial charge in [-0.1, -0.05) is 6.92 Å². The van der Waals surface area contributed by atoms with Gasteiger partial charge in [0.2, 0.25) is 0 Å². The molecule has 1 fully saturated rings. The minimum Gasteiger partial charge on any atom is -0.381 e. The van der Waals surface area contributed by atoms with Crippen molar-refractivity contribution in [1.82, 2.24) is 0 Å². The van der Waals surface area contributed by atoms with Gasteiger partial charge in [-0.25, -0.2) is 0 Å². The lowest BCUT2D eigenvalue weighted by Gasteiger charge is -2.24. The molecule has 2 N–H and O–H groups in total. The van der Waals surface area contributed by atoms with Gasteiger partial charge >= 0.3 is 0 Å². The number of hydrogen-bond donors (Lipinski definition) is 1. The van der Waals surface area contributed by atoms with Gasteiger partial charge in [0.1, 0.15) is 0 Å². The summed E-state index contributed by atoms with van der Waals surface area (Å²) in [6.07, 6.45) is 5.60. The molecule has 0 aromatic heterocycles. The van der Waals surface area contributed by atoms with Crippen molar-refractivity contribution < 1.29 is 9.47 Å². The second kappa shape index (κ2) is 8.08. The predicted molar refractivity (Wildman–Crippen MR) is 61.9 cm³/mol. The highest BCUT2D eigenvalue weighted by molar-refractivity contribution is 4.70. The minimum absolute atomic E-state index is 0.310. The quantitative estimate of drug-likeness (QED) is 0.660. The van der Waals surface area contributed by atoms with E-state index in [-0.39, 0.29) is 0 Å². The molecule has 0 aromatic carbocycles. The average molecular weight is 215 g/mol. The van der Waals surface area contributed by atoms with E-state index in [0.29, 0.717) is 6.04 Å². The molecule has 0 spiro atoms. The number of ether oxygens (including phenoxy) is 2. The Bertz CT molecular complexity index is 147. The van der Waals surface area contributed by atoms with Crippen molar-refractivity contribution in [3.63, 3.8) is 0 Å². The molecule has 15 heavy (non-hydrogen) atoms. The zero-order chi connectivity index (χ0) is 10.9. The Morgan fingerprint density at radius 2 is 2.07 bits per heavy atom. The Balaban J connectivity index is 1.98. The van der Waals surface area contributed by atoms with E-state index in [1.54, 1.807) is 0 Å². The Hall–Kier alpha value is -0.120. The van der Waals surface area contributed by atoms with E-state index >= 15 is 0 Å². The van der Waals surface area contributed by atoms with Gasteiger partial charge in [-0.2, -0.15) is 0 Å². The molecule has 1 saturated heterocycles. The van der Waals surface area contributed by atoms with Crippen molar-refractivity contribution in [3.05, 3.63) is 0 Å². The van der Waals surface area contributed by atoms with Gasteiger partial charge in [-0.3, -0.25) is 0 Å². The van der Waals surface area contributed by atoms with Crippen LogP contribution in [0.1, 0.15) is 39.0 Å². The summed E-state index contributed by atoms with van der Waals surface area (Å²) in [5.74, 6) is 0.778. The molecule has 1 aliphatic rings. The van der Waals surface area contributed by atoms with E-state index < -0.39 is 0 Å². The molecule has 0 saturated carbocycles. The largest absolute Gasteiger partial charge is 0.381 e. The fourth-order valence-corrected chi connectivity index (χ4v) is 2.01. The van der Waals surface area contributed by atoms with E-state index in [1.165, 1.54) is 12.8 Å². The zero-order valence-corrected chi connectivity index (χ0v) is 9.91. The Morgan fingerprint density at radius 1 is 1.33 bits per heavy atom. The second-order valence-electron chi connectivity index (χ2n) is 4.45. The Morgan fingerprint density at radius 3 is 2.73 bits per heavy atom. The van der Waals surface area contributed by atoms with Gasteiger partial charge in [0.05, 0.1) is 0 Å². The normalized spacial score (nSPS) is 20.4. The number of nitrogens with two attached hydrogens (primary N) is 1. The lowest BCUT2D eigenvalue weighted by atomic mass is 9.92. The van der Waals surface area contributed by atoms with Gasteiger partial charge in [0, 0.05) is 32.5 Å². The number of hydrogen-bond acceptors (Lipinski definition) is 3. The molecular formula is C12H25NO2. The first-order valence-electron chi connectivity index (χ1n) is 6.24. The molecule has 1 heterocycles. The van der Waals surface area contributed by atoms with E-state index in [9.17, 15) is 0 Å². The first kappa shape index (κ1) is 12.9. The Labute approximate surface area is 93.3 Å². The summed E-state index contributed by atoms with van der Waals surface area (Å²) in [6.45, 7) is 5.65. The first-order valence-corrected chi connectivity index (χ1v) is 6.24. The van der Waals surface area contributed by atoms with Crippen LogP contribution in [-0.4, -0.2) is 32.5 Å². The SMILES string of the molecule is CCCOCCC(N)CC1CCOCC1. The zero-order valence-electron chi connectivity index (χ0n) is 9.91. The van der Waals surface area contributed by atoms with E-state index in [4.69, 9.17) is 15.2 Å². The fraction of sp³-hybridized carbons (Fsp3) is 1.00. The highest BCUT2D eigenvalue weighted by Crippen LogP contribution is 2.20. The summed E-state index contributed by atoms with van der Waals surface area (Å²) in [5.41, 5.74) is 6.07. The molecule has 0 bridgehead atoms. The molecule has 1 aliphatic heterocycles. The molecule has 90 valence electrons. The third kappa shape index (κ3) is 6.13. The van der Waals surface area contributed by atoms with Crippen LogP contribution in [0.25, 0.3) is 0 Å². The van der Waals surface area contributed by atoms with Gasteiger partial charge in [0.15, 0.2) is 0 Å². The highest BCUT2D eigenvalue weighted by atomic mass is 16.5. The van der Waals surface area contributed by atoms with E-state index in [2.05, 4.69) is 6.92 Å². The maximum atomic E-state index is 6.07. The topological polar surface area (TPSA) is 44.5 Å². The lowest BCUT2D eigenvalue weighted by molar-refractivity contribution is 0.0595. The number of rotatable bonds is 7. The smallest absolute Gasteiger partial charge is 0.0480 e. The standard InChI is InChI=1S/C12H25NO2/c1-2-6-14-9-5-12(13)10-11-3-7-15-8-4-11/h11-12H,2-10,13H2,1H3. The van der Waals surface area contributed by atoms with E-state index in [1.807, 2.05) is 0 Å². The van der Waals surface area contributed by atoms with Crippen molar-refractivity contribution in [1.29, 1.82) is 0 Å². The third-order valence-corrected chi connectivity index (χ3v) is 2.96. The monoisotopic (exact) mass is 215 g/mol. The summed E-state index contributed by atoms with van der Waals surface area (Å²) in [5, 5.41) is 0. The van der Waals surface area contributed by atoms with Crippen LogP contribution in [-0.2, 0) is 9.47 Å². The van der Waals surface area contributed by atoms with Crippen LogP contribution in [0.15, 0.2) is 0 Å². The van der Waals surface area contributed by atoms with Crippen LogP contribution in [0.3, 0.4) is 0 Å². The molecule has 3 nitrogen and oxygen atoms in total. The van der Waals surface area contributed by atoms with Crippen molar-refractivity contribution in [3.8, 4) is 0 Å². The molecule has 0 aliphatic carbocycles. The summed E-state index contributed by atoms with van der Waals surface area (Å²) >= 11 is 0. The molecule has 0 radical (unpaired) electrons. The maximum Gasteiger partial charge on any atom is 0.0480 e. The second-order valence-corrected chi connectivity index (χ2v) is 4.45. The van der Waals surface area contributed by atoms with Crippen LogP contribution in [0, 0.1) is 5.92 Å². The van der Waals surface area contributed by atoms with Crippen molar-refractivity contribution in [2.75, 3.05) is 26.4 Å². The van der Waals surface area contributed by atoms with Gasteiger partial charge in [-0.05, 0) is 38.0 Å². The van der Waals surface area contributed by atoms with Gasteiger partial charge < -0.3 is 15.2 Å². The van der Waals surface area contributed by atoms with Crippen LogP contribution in [0.5, 0.6) is 0 Å². The average Bonchev–Trinajstić information content (AvgIpc) is 2.26. The summed E-state index contributed by atoms with van der Waals surface area (Å²) < 4.78 is 10.8. The molecule has 1 unspecified atom stereocenters. The van der Waals surface area contributed by atoms with Crippen LogP contribution in [0.2, 0.25) is 0 Å². The maximum absolute atomic E-state index is 6.07. The van der Waals surface area contributed by atoms with Crippen molar-refractivity contribution in [2.24, 2.45) is 11.7 Å². The lowest BCUT2D eigenvalue weighted by Crippen LogP contribution is -2.28. The van der Waals surface area contributed by atoms with E-state index in [0.717, 1.165) is 51.6 Å². The van der Waals surface area contributed by atoms with Gasteiger partial charge in [0.25, 0.3) is 0 Å². The predicted octanol–water partition coefficient (Wildman–Crippen LogP) is 1.95. The molecule has 0 amide bonds.